The lowest BCUT2D eigenvalue weighted by atomic mass is 10.1. The van der Waals surface area contributed by atoms with Gasteiger partial charge in [-0.1, -0.05) is 51.4 Å². The highest BCUT2D eigenvalue weighted by molar-refractivity contribution is 5.14. The van der Waals surface area contributed by atoms with Crippen LogP contribution >= 0.6 is 0 Å². The van der Waals surface area contributed by atoms with Crippen molar-refractivity contribution in [3.05, 3.63) is 47.0 Å². The number of unbranched alkanes of at least 4 members (excludes halogenated alkanes) is 9. The molecule has 0 spiro atoms. The zero-order chi connectivity index (χ0) is 18.8. The number of aryl methyl sites for hydroxylation is 4. The summed E-state index contributed by atoms with van der Waals surface area (Å²) in [4.78, 5) is 0. The maximum atomic E-state index is 2.46. The third-order valence-electron chi connectivity index (χ3n) is 5.85. The van der Waals surface area contributed by atoms with Gasteiger partial charge in [0.25, 0.3) is 0 Å². The molecular weight excluding hydrogens is 316 g/mol. The lowest BCUT2D eigenvalue weighted by Crippen LogP contribution is -2.02. The van der Waals surface area contributed by atoms with Crippen LogP contribution in [0.5, 0.6) is 0 Å². The molecule has 0 aliphatic carbocycles. The summed E-state index contributed by atoms with van der Waals surface area (Å²) in [6, 6.07) is 8.93. The molecule has 0 saturated carbocycles. The highest BCUT2D eigenvalue weighted by atomic mass is 15.0. The number of hydrogen-bond donors (Lipinski definition) is 0. The Labute approximate surface area is 161 Å². The van der Waals surface area contributed by atoms with Gasteiger partial charge in [-0.05, 0) is 64.8 Å². The van der Waals surface area contributed by atoms with Crippen molar-refractivity contribution in [3.63, 3.8) is 0 Å². The van der Waals surface area contributed by atoms with Gasteiger partial charge in [-0.15, -0.1) is 0 Å². The quantitative estimate of drug-likeness (QED) is 0.338. The summed E-state index contributed by atoms with van der Waals surface area (Å²) in [6.45, 7) is 11.3. The van der Waals surface area contributed by atoms with E-state index in [0.717, 1.165) is 0 Å². The molecule has 0 amide bonds. The molecule has 2 aromatic rings. The zero-order valence-corrected chi connectivity index (χ0v) is 17.7. The van der Waals surface area contributed by atoms with Gasteiger partial charge in [-0.2, -0.15) is 0 Å². The Bertz CT molecular complexity index is 537. The molecule has 2 aromatic heterocycles. The first kappa shape index (κ1) is 20.9. The molecule has 0 N–H and O–H groups in total. The molecule has 2 heteroatoms. The minimum Gasteiger partial charge on any atom is -0.349 e. The van der Waals surface area contributed by atoms with E-state index in [4.69, 9.17) is 0 Å². The van der Waals surface area contributed by atoms with Crippen molar-refractivity contribution in [2.24, 2.45) is 0 Å². The molecule has 26 heavy (non-hydrogen) atoms. The summed E-state index contributed by atoms with van der Waals surface area (Å²) in [5.74, 6) is 0. The Balaban J connectivity index is 1.38. The van der Waals surface area contributed by atoms with Gasteiger partial charge in [0.2, 0.25) is 0 Å². The number of aromatic nitrogens is 2. The first-order valence-electron chi connectivity index (χ1n) is 10.8. The molecule has 0 aliphatic rings. The largest absolute Gasteiger partial charge is 0.349 e. The van der Waals surface area contributed by atoms with Crippen LogP contribution in [0, 0.1) is 27.7 Å². The van der Waals surface area contributed by atoms with Crippen LogP contribution in [0.3, 0.4) is 0 Å². The fraction of sp³-hybridized carbons (Fsp3) is 0.667. The van der Waals surface area contributed by atoms with Gasteiger partial charge in [0.15, 0.2) is 0 Å². The van der Waals surface area contributed by atoms with Gasteiger partial charge in [-0.3, -0.25) is 0 Å². The van der Waals surface area contributed by atoms with Crippen LogP contribution in [0.2, 0.25) is 0 Å². The Kier molecular flexibility index (Phi) is 9.08. The van der Waals surface area contributed by atoms with Gasteiger partial charge in [-0.25, -0.2) is 0 Å². The predicted octanol–water partition coefficient (Wildman–Crippen LogP) is 7.12. The van der Waals surface area contributed by atoms with Crippen molar-refractivity contribution in [1.29, 1.82) is 0 Å². The van der Waals surface area contributed by atoms with Gasteiger partial charge < -0.3 is 9.13 Å². The van der Waals surface area contributed by atoms with Crippen LogP contribution in [0.1, 0.15) is 87.0 Å². The number of hydrogen-bond acceptors (Lipinski definition) is 0. The van der Waals surface area contributed by atoms with Crippen LogP contribution in [0.15, 0.2) is 24.3 Å². The third kappa shape index (κ3) is 6.70. The van der Waals surface area contributed by atoms with Gasteiger partial charge in [0.1, 0.15) is 0 Å². The molecule has 2 nitrogen and oxygen atoms in total. The highest BCUT2D eigenvalue weighted by Gasteiger charge is 2.01. The average Bonchev–Trinajstić information content (AvgIpc) is 3.11. The molecule has 146 valence electrons. The van der Waals surface area contributed by atoms with Crippen molar-refractivity contribution in [3.8, 4) is 0 Å². The van der Waals surface area contributed by atoms with Crippen LogP contribution in [-0.4, -0.2) is 9.13 Å². The number of nitrogens with zero attached hydrogens (tertiary/aromatic N) is 2. The maximum Gasteiger partial charge on any atom is 0.0224 e. The summed E-state index contributed by atoms with van der Waals surface area (Å²) in [5.41, 5.74) is 5.63. The monoisotopic (exact) mass is 356 g/mol. The third-order valence-corrected chi connectivity index (χ3v) is 5.85. The summed E-state index contributed by atoms with van der Waals surface area (Å²) in [5, 5.41) is 0. The van der Waals surface area contributed by atoms with Crippen LogP contribution < -0.4 is 0 Å². The van der Waals surface area contributed by atoms with Crippen LogP contribution in [0.4, 0.5) is 0 Å². The minimum atomic E-state index is 1.20. The van der Waals surface area contributed by atoms with Crippen molar-refractivity contribution in [2.45, 2.75) is 105 Å². The van der Waals surface area contributed by atoms with E-state index in [1.807, 2.05) is 0 Å². The highest BCUT2D eigenvalue weighted by Crippen LogP contribution is 2.14. The average molecular weight is 357 g/mol. The molecule has 0 aliphatic heterocycles. The first-order chi connectivity index (χ1) is 12.6. The normalized spacial score (nSPS) is 11.4. The van der Waals surface area contributed by atoms with Gasteiger partial charge >= 0.3 is 0 Å². The molecule has 0 aromatic carbocycles. The second-order valence-corrected chi connectivity index (χ2v) is 8.07. The summed E-state index contributed by atoms with van der Waals surface area (Å²) >= 11 is 0. The van der Waals surface area contributed by atoms with Crippen molar-refractivity contribution in [1.82, 2.24) is 9.13 Å². The Morgan fingerprint density at radius 2 is 0.654 bits per heavy atom. The molecule has 0 atom stereocenters. The lowest BCUT2D eigenvalue weighted by molar-refractivity contribution is 0.516. The molecular formula is C24H40N2. The Morgan fingerprint density at radius 3 is 0.923 bits per heavy atom. The van der Waals surface area contributed by atoms with Crippen LogP contribution in [-0.2, 0) is 13.1 Å². The fourth-order valence-electron chi connectivity index (χ4n) is 4.06. The molecule has 0 unspecified atom stereocenters. The van der Waals surface area contributed by atoms with E-state index in [1.165, 1.54) is 100 Å². The van der Waals surface area contributed by atoms with E-state index in [1.54, 1.807) is 0 Å². The molecule has 2 rings (SSSR count). The zero-order valence-electron chi connectivity index (χ0n) is 17.7. The Hall–Kier alpha value is -1.44. The smallest absolute Gasteiger partial charge is 0.0224 e. The fourth-order valence-corrected chi connectivity index (χ4v) is 4.06. The molecule has 0 bridgehead atoms. The van der Waals surface area contributed by atoms with Gasteiger partial charge in [0.05, 0.1) is 0 Å². The first-order valence-corrected chi connectivity index (χ1v) is 10.8. The van der Waals surface area contributed by atoms with E-state index in [0.29, 0.717) is 0 Å². The maximum absolute atomic E-state index is 2.46. The van der Waals surface area contributed by atoms with E-state index in [9.17, 15) is 0 Å². The molecule has 2 heterocycles. The Morgan fingerprint density at radius 1 is 0.423 bits per heavy atom. The van der Waals surface area contributed by atoms with E-state index in [2.05, 4.69) is 61.1 Å². The standard InChI is InChI=1S/C24H40N2/c1-21-15-16-22(2)25(21)19-13-11-9-7-5-6-8-10-12-14-20-26-23(3)17-18-24(26)4/h15-18H,5-14,19-20H2,1-4H3. The molecule has 0 radical (unpaired) electrons. The summed E-state index contributed by atoms with van der Waals surface area (Å²) in [7, 11) is 0. The van der Waals surface area contributed by atoms with Gasteiger partial charge in [0, 0.05) is 35.9 Å². The summed E-state index contributed by atoms with van der Waals surface area (Å²) < 4.78 is 4.91. The molecule has 0 saturated heterocycles. The SMILES string of the molecule is Cc1ccc(C)n1CCCCCCCCCCCCn1c(C)ccc1C. The molecule has 0 fully saturated rings. The van der Waals surface area contributed by atoms with E-state index < -0.39 is 0 Å². The minimum absolute atomic E-state index is 1.20. The van der Waals surface area contributed by atoms with Crippen molar-refractivity contribution >= 4 is 0 Å². The second kappa shape index (κ2) is 11.3. The number of rotatable bonds is 13. The second-order valence-electron chi connectivity index (χ2n) is 8.07. The van der Waals surface area contributed by atoms with E-state index in [-0.39, 0.29) is 0 Å². The van der Waals surface area contributed by atoms with Crippen molar-refractivity contribution < 1.29 is 0 Å². The van der Waals surface area contributed by atoms with Crippen LogP contribution in [0.25, 0.3) is 0 Å². The predicted molar refractivity (Wildman–Crippen MR) is 114 cm³/mol. The van der Waals surface area contributed by atoms with Crippen molar-refractivity contribution in [2.75, 3.05) is 0 Å². The lowest BCUT2D eigenvalue weighted by Gasteiger charge is -2.09. The topological polar surface area (TPSA) is 9.86 Å². The van der Waals surface area contributed by atoms with E-state index >= 15 is 0 Å². The summed E-state index contributed by atoms with van der Waals surface area (Å²) in [6.07, 6.45) is 13.9.